The molecular weight excluding hydrogens is 320 g/mol. The molecule has 0 atom stereocenters. The number of imide groups is 1. The van der Waals surface area contributed by atoms with Gasteiger partial charge in [0.1, 0.15) is 5.75 Å². The Kier molecular flexibility index (Phi) is 5.92. The number of ether oxygens (including phenoxy) is 1. The van der Waals surface area contributed by atoms with E-state index in [1.807, 2.05) is 0 Å². The quantitative estimate of drug-likeness (QED) is 0.743. The van der Waals surface area contributed by atoms with Gasteiger partial charge in [-0.25, -0.2) is 4.79 Å². The predicted molar refractivity (Wildman–Crippen MR) is 83.6 cm³/mol. The fourth-order valence-corrected chi connectivity index (χ4v) is 2.34. The summed E-state index contributed by atoms with van der Waals surface area (Å²) in [5.41, 5.74) is 0.738. The second-order valence-electron chi connectivity index (χ2n) is 4.27. The smallest absolute Gasteiger partial charge is 0.321 e. The van der Waals surface area contributed by atoms with Gasteiger partial charge in [-0.3, -0.25) is 10.1 Å². The molecule has 10 heteroatoms. The molecule has 0 aliphatic heterocycles. The lowest BCUT2D eigenvalue weighted by atomic mass is 10.3. The summed E-state index contributed by atoms with van der Waals surface area (Å²) in [6.07, 6.45) is 0. The minimum Gasteiger partial charge on any atom is -0.497 e. The van der Waals surface area contributed by atoms with Crippen LogP contribution in [0.2, 0.25) is 0 Å². The van der Waals surface area contributed by atoms with Gasteiger partial charge >= 0.3 is 6.03 Å². The van der Waals surface area contributed by atoms with Crippen molar-refractivity contribution in [3.8, 4) is 11.4 Å². The first-order chi connectivity index (χ1) is 11.1. The number of hydrogen-bond donors (Lipinski definition) is 2. The Balaban J connectivity index is 1.98. The Labute approximate surface area is 136 Å². The van der Waals surface area contributed by atoms with Gasteiger partial charge in [0.15, 0.2) is 0 Å². The summed E-state index contributed by atoms with van der Waals surface area (Å²) in [6.45, 7) is 2.21. The predicted octanol–water partition coefficient (Wildman–Crippen LogP) is 0.609. The van der Waals surface area contributed by atoms with Crippen LogP contribution in [0.3, 0.4) is 0 Å². The van der Waals surface area contributed by atoms with Crippen LogP contribution in [0.15, 0.2) is 29.4 Å². The van der Waals surface area contributed by atoms with E-state index in [1.54, 1.807) is 38.3 Å². The van der Waals surface area contributed by atoms with E-state index in [9.17, 15) is 9.59 Å². The molecule has 1 heterocycles. The molecule has 0 aliphatic rings. The number of thioether (sulfide) groups is 1. The largest absolute Gasteiger partial charge is 0.497 e. The number of carbonyl (C=O) groups excluding carboxylic acids is 2. The number of amides is 3. The molecule has 0 unspecified atom stereocenters. The van der Waals surface area contributed by atoms with Crippen molar-refractivity contribution >= 4 is 23.7 Å². The third-order valence-electron chi connectivity index (χ3n) is 2.68. The van der Waals surface area contributed by atoms with Crippen LogP contribution in [-0.2, 0) is 4.79 Å². The highest BCUT2D eigenvalue weighted by Crippen LogP contribution is 2.20. The SMILES string of the molecule is CCNC(=O)NC(=O)CSc1nnnn1-c1ccc(OC)cc1. The zero-order chi connectivity index (χ0) is 16.7. The van der Waals surface area contributed by atoms with Gasteiger partial charge in [-0.05, 0) is 41.6 Å². The lowest BCUT2D eigenvalue weighted by molar-refractivity contribution is -0.117. The van der Waals surface area contributed by atoms with E-state index in [4.69, 9.17) is 4.74 Å². The molecule has 0 aliphatic carbocycles. The average molecular weight is 336 g/mol. The van der Waals surface area contributed by atoms with Crippen LogP contribution in [0.5, 0.6) is 5.75 Å². The number of hydrogen-bond acceptors (Lipinski definition) is 7. The van der Waals surface area contributed by atoms with Crippen molar-refractivity contribution < 1.29 is 14.3 Å². The van der Waals surface area contributed by atoms with Crippen molar-refractivity contribution in [2.75, 3.05) is 19.4 Å². The highest BCUT2D eigenvalue weighted by atomic mass is 32.2. The fraction of sp³-hybridized carbons (Fsp3) is 0.308. The molecule has 3 amide bonds. The van der Waals surface area contributed by atoms with Crippen molar-refractivity contribution in [2.24, 2.45) is 0 Å². The minimum atomic E-state index is -0.521. The summed E-state index contributed by atoms with van der Waals surface area (Å²) in [6, 6.07) is 6.65. The molecule has 1 aromatic carbocycles. The van der Waals surface area contributed by atoms with Gasteiger partial charge in [0.05, 0.1) is 18.6 Å². The van der Waals surface area contributed by atoms with Crippen molar-refractivity contribution in [2.45, 2.75) is 12.1 Å². The van der Waals surface area contributed by atoms with Crippen LogP contribution in [0.1, 0.15) is 6.92 Å². The molecular formula is C13H16N6O3S. The van der Waals surface area contributed by atoms with Crippen LogP contribution in [-0.4, -0.2) is 51.6 Å². The second kappa shape index (κ2) is 8.13. The topological polar surface area (TPSA) is 111 Å². The number of rotatable bonds is 6. The fourth-order valence-electron chi connectivity index (χ4n) is 1.65. The third kappa shape index (κ3) is 4.68. The maximum atomic E-state index is 11.7. The maximum absolute atomic E-state index is 11.7. The highest BCUT2D eigenvalue weighted by Gasteiger charge is 2.13. The molecule has 0 radical (unpaired) electrons. The molecule has 0 fully saturated rings. The van der Waals surface area contributed by atoms with E-state index < -0.39 is 11.9 Å². The Morgan fingerprint density at radius 2 is 2.04 bits per heavy atom. The van der Waals surface area contributed by atoms with Gasteiger partial charge in [0.2, 0.25) is 11.1 Å². The molecule has 122 valence electrons. The molecule has 23 heavy (non-hydrogen) atoms. The first kappa shape index (κ1) is 16.7. The van der Waals surface area contributed by atoms with Gasteiger partial charge in [-0.15, -0.1) is 5.10 Å². The zero-order valence-electron chi connectivity index (χ0n) is 12.6. The Bertz CT molecular complexity index is 673. The number of urea groups is 1. The van der Waals surface area contributed by atoms with Gasteiger partial charge in [-0.1, -0.05) is 11.8 Å². The highest BCUT2D eigenvalue weighted by molar-refractivity contribution is 7.99. The Morgan fingerprint density at radius 1 is 1.30 bits per heavy atom. The van der Waals surface area contributed by atoms with Crippen LogP contribution in [0, 0.1) is 0 Å². The van der Waals surface area contributed by atoms with E-state index in [1.165, 1.54) is 4.68 Å². The zero-order valence-corrected chi connectivity index (χ0v) is 13.5. The standard InChI is InChI=1S/C13H16N6O3S/c1-3-14-12(21)15-11(20)8-23-13-16-17-18-19(13)9-4-6-10(22-2)7-5-9/h4-7H,3,8H2,1-2H3,(H2,14,15,20,21). The van der Waals surface area contributed by atoms with E-state index in [0.717, 1.165) is 23.2 Å². The number of aromatic nitrogens is 4. The lowest BCUT2D eigenvalue weighted by Crippen LogP contribution is -2.40. The monoisotopic (exact) mass is 336 g/mol. The molecule has 1 aromatic heterocycles. The number of carbonyl (C=O) groups is 2. The number of methoxy groups -OCH3 is 1. The number of tetrazole rings is 1. The lowest BCUT2D eigenvalue weighted by Gasteiger charge is -2.06. The van der Waals surface area contributed by atoms with E-state index in [2.05, 4.69) is 26.2 Å². The van der Waals surface area contributed by atoms with Crippen molar-refractivity contribution in [3.05, 3.63) is 24.3 Å². The van der Waals surface area contributed by atoms with E-state index in [0.29, 0.717) is 11.7 Å². The Morgan fingerprint density at radius 3 is 2.70 bits per heavy atom. The first-order valence-corrected chi connectivity index (χ1v) is 7.76. The molecule has 9 nitrogen and oxygen atoms in total. The summed E-state index contributed by atoms with van der Waals surface area (Å²) >= 11 is 1.13. The molecule has 2 N–H and O–H groups in total. The summed E-state index contributed by atoms with van der Waals surface area (Å²) in [7, 11) is 1.58. The molecule has 0 bridgehead atoms. The van der Waals surface area contributed by atoms with E-state index in [-0.39, 0.29) is 5.75 Å². The maximum Gasteiger partial charge on any atom is 0.321 e. The van der Waals surface area contributed by atoms with Gasteiger partial charge in [0, 0.05) is 6.54 Å². The van der Waals surface area contributed by atoms with E-state index >= 15 is 0 Å². The summed E-state index contributed by atoms with van der Waals surface area (Å²) in [5, 5.41) is 16.5. The van der Waals surface area contributed by atoms with Crippen LogP contribution >= 0.6 is 11.8 Å². The van der Waals surface area contributed by atoms with Gasteiger partial charge in [0.25, 0.3) is 0 Å². The van der Waals surface area contributed by atoms with Crippen molar-refractivity contribution in [1.29, 1.82) is 0 Å². The van der Waals surface area contributed by atoms with Crippen LogP contribution in [0.4, 0.5) is 4.79 Å². The van der Waals surface area contributed by atoms with Crippen molar-refractivity contribution in [3.63, 3.8) is 0 Å². The Hall–Kier alpha value is -2.62. The van der Waals surface area contributed by atoms with Gasteiger partial charge < -0.3 is 10.1 Å². The summed E-state index contributed by atoms with van der Waals surface area (Å²) in [4.78, 5) is 22.9. The summed E-state index contributed by atoms with van der Waals surface area (Å²) in [5.74, 6) is 0.316. The van der Waals surface area contributed by atoms with Gasteiger partial charge in [-0.2, -0.15) is 4.68 Å². The molecule has 0 spiro atoms. The summed E-state index contributed by atoms with van der Waals surface area (Å²) < 4.78 is 6.60. The third-order valence-corrected chi connectivity index (χ3v) is 3.60. The normalized spacial score (nSPS) is 10.2. The van der Waals surface area contributed by atoms with Crippen molar-refractivity contribution in [1.82, 2.24) is 30.8 Å². The average Bonchev–Trinajstić information content (AvgIpc) is 3.01. The first-order valence-electron chi connectivity index (χ1n) is 6.77. The molecule has 2 aromatic rings. The van der Waals surface area contributed by atoms with Crippen LogP contribution < -0.4 is 15.4 Å². The second-order valence-corrected chi connectivity index (χ2v) is 5.21. The molecule has 0 saturated heterocycles. The molecule has 0 saturated carbocycles. The minimum absolute atomic E-state index is 0.0215. The number of nitrogens with zero attached hydrogens (tertiary/aromatic N) is 4. The van der Waals surface area contributed by atoms with Crippen LogP contribution in [0.25, 0.3) is 5.69 Å². The molecule has 2 rings (SSSR count). The number of benzene rings is 1. The number of nitrogens with one attached hydrogen (secondary N) is 2.